The van der Waals surface area contributed by atoms with E-state index >= 15 is 0 Å². The van der Waals surface area contributed by atoms with E-state index in [9.17, 15) is 25.2 Å². The fraction of sp³-hybridized carbons (Fsp3) is 0.932. The molecule has 5 saturated carbocycles. The van der Waals surface area contributed by atoms with Crippen LogP contribution in [-0.4, -0.2) is 137 Å². The first-order chi connectivity index (χ1) is 27.2. The number of hydrogen-bond acceptors (Lipinski definition) is 13. The first kappa shape index (κ1) is 41.1. The van der Waals surface area contributed by atoms with Crippen LogP contribution < -0.4 is 0 Å². The van der Waals surface area contributed by atoms with Gasteiger partial charge in [0, 0.05) is 56.3 Å². The summed E-state index contributed by atoms with van der Waals surface area (Å²) in [5, 5.41) is 46.5. The van der Waals surface area contributed by atoms with Crippen molar-refractivity contribution >= 4 is 5.97 Å². The zero-order chi connectivity index (χ0) is 39.9. The van der Waals surface area contributed by atoms with Crippen molar-refractivity contribution in [1.82, 2.24) is 4.90 Å². The van der Waals surface area contributed by atoms with E-state index in [1.165, 1.54) is 12.8 Å². The van der Waals surface area contributed by atoms with Crippen LogP contribution in [-0.2, 0) is 38.0 Å². The molecule has 0 spiro atoms. The molecule has 9 rings (SSSR count). The highest BCUT2D eigenvalue weighted by Crippen LogP contribution is 2.70. The van der Waals surface area contributed by atoms with Gasteiger partial charge in [0.15, 0.2) is 18.9 Å². The van der Waals surface area contributed by atoms with Crippen LogP contribution in [0.25, 0.3) is 0 Å². The summed E-state index contributed by atoms with van der Waals surface area (Å²) in [6.45, 7) is 10.7. The average molecular weight is 804 g/mol. The maximum Gasteiger partial charge on any atom is 0.331 e. The van der Waals surface area contributed by atoms with Gasteiger partial charge in [-0.05, 0) is 113 Å². The van der Waals surface area contributed by atoms with E-state index in [1.54, 1.807) is 6.08 Å². The molecule has 0 aromatic rings. The Labute approximate surface area is 338 Å². The molecular weight excluding hydrogens is 734 g/mol. The molecule has 0 aromatic carbocycles. The normalized spacial score (nSPS) is 52.0. The van der Waals surface area contributed by atoms with Gasteiger partial charge < -0.3 is 53.6 Å². The Bertz CT molecular complexity index is 1480. The molecule has 322 valence electrons. The molecular formula is C44H69NO12. The number of aliphatic hydroxyl groups is 4. The third-order valence-corrected chi connectivity index (χ3v) is 16.7. The molecule has 5 unspecified atom stereocenters. The lowest BCUT2D eigenvalue weighted by Crippen LogP contribution is -2.67. The predicted octanol–water partition coefficient (Wildman–Crippen LogP) is 3.96. The smallest absolute Gasteiger partial charge is 0.331 e. The van der Waals surface area contributed by atoms with Gasteiger partial charge in [0.05, 0.1) is 54.9 Å². The van der Waals surface area contributed by atoms with Crippen LogP contribution in [0.4, 0.5) is 0 Å². The molecule has 18 atom stereocenters. The van der Waals surface area contributed by atoms with Crippen molar-refractivity contribution in [2.45, 2.75) is 197 Å². The van der Waals surface area contributed by atoms with Gasteiger partial charge >= 0.3 is 5.97 Å². The summed E-state index contributed by atoms with van der Waals surface area (Å²) in [5.74, 6) is 0.303. The van der Waals surface area contributed by atoms with E-state index in [4.69, 9.17) is 33.2 Å². The number of cyclic esters (lactones) is 1. The van der Waals surface area contributed by atoms with Gasteiger partial charge in [0.1, 0.15) is 12.7 Å². The maximum atomic E-state index is 12.6. The number of carbonyl (C=O) groups excluding carboxylic acids is 1. The maximum absolute atomic E-state index is 12.6. The molecule has 4 aliphatic heterocycles. The molecule has 4 N–H and O–H groups in total. The number of aliphatic hydroxyl groups excluding tert-OH is 3. The zero-order valence-electron chi connectivity index (χ0n) is 34.5. The molecule has 57 heavy (non-hydrogen) atoms. The Morgan fingerprint density at radius 1 is 0.842 bits per heavy atom. The van der Waals surface area contributed by atoms with Crippen molar-refractivity contribution in [3.05, 3.63) is 11.6 Å². The van der Waals surface area contributed by atoms with Gasteiger partial charge in [-0.15, -0.1) is 0 Å². The minimum absolute atomic E-state index is 0.00659. The molecule has 5 aliphatic carbocycles. The van der Waals surface area contributed by atoms with Crippen LogP contribution in [0.15, 0.2) is 11.6 Å². The molecule has 0 amide bonds. The summed E-state index contributed by atoms with van der Waals surface area (Å²) in [6, 6.07) is 0.676. The SMILES string of the molecule is CC1CN(C2CC2)CCC(O[C@@H]2[C@H](C)O[C@@H](OC[C@@H]3C[C@@H](O)C[C@H](O[C@H]4CC[C@@]5(C)C(CCC6C5C[C@H](O)[C@]5(C)[C@@H](C7=CC(=O)OC7)CC[C@]65O)C4)O3)C[C@@H]2O)O1. The summed E-state index contributed by atoms with van der Waals surface area (Å²) in [7, 11) is 0. The van der Waals surface area contributed by atoms with Gasteiger partial charge in [0.25, 0.3) is 0 Å². The molecule has 13 heteroatoms. The standard InChI is InChI=1S/C44H69NO12/c1-24-21-45(28-6-7-28)14-11-38(53-24)57-41-25(2)54-39(20-35(41)47)52-23-31-17-29(46)18-40(56-31)55-30-9-12-42(3)27(16-30)5-8-33-34(42)19-36(48)43(4)32(10-13-44(33,43)50)26-15-37(49)51-22-26/h15,24-25,27-36,38-41,46-48,50H,5-14,16-23H2,1-4H3/t24?,25-,27?,29+,30-,31-,32+,33?,34?,35-,36-,38?,39+,40+,41+,42-,43-,44-/m0/s1. The highest BCUT2D eigenvalue weighted by Gasteiger charge is 2.71. The number of hydrogen-bond donors (Lipinski definition) is 4. The van der Waals surface area contributed by atoms with Gasteiger partial charge in [-0.2, -0.15) is 0 Å². The number of rotatable bonds is 9. The first-order valence-electron chi connectivity index (χ1n) is 22.5. The molecule has 0 aromatic heterocycles. The van der Waals surface area contributed by atoms with Crippen molar-refractivity contribution < 1.29 is 58.4 Å². The molecule has 0 radical (unpaired) electrons. The zero-order valence-corrected chi connectivity index (χ0v) is 34.5. The minimum Gasteiger partial charge on any atom is -0.458 e. The second-order valence-electron chi connectivity index (χ2n) is 20.1. The minimum atomic E-state index is -0.995. The molecule has 3 saturated heterocycles. The van der Waals surface area contributed by atoms with E-state index < -0.39 is 54.1 Å². The molecule has 13 nitrogen and oxygen atoms in total. The Balaban J connectivity index is 0.758. The van der Waals surface area contributed by atoms with Gasteiger partial charge in [0.2, 0.25) is 0 Å². The van der Waals surface area contributed by atoms with Crippen LogP contribution in [0, 0.1) is 34.5 Å². The Hall–Kier alpha value is -1.23. The number of esters is 1. The van der Waals surface area contributed by atoms with E-state index in [0.717, 1.165) is 63.6 Å². The van der Waals surface area contributed by atoms with Gasteiger partial charge in [-0.25, -0.2) is 4.79 Å². The van der Waals surface area contributed by atoms with E-state index in [-0.39, 0.29) is 73.4 Å². The van der Waals surface area contributed by atoms with Crippen LogP contribution in [0.1, 0.15) is 118 Å². The average Bonchev–Trinajstić information content (AvgIpc) is 3.89. The van der Waals surface area contributed by atoms with Crippen LogP contribution in [0.2, 0.25) is 0 Å². The van der Waals surface area contributed by atoms with E-state index in [1.807, 2.05) is 6.92 Å². The van der Waals surface area contributed by atoms with E-state index in [2.05, 4.69) is 25.7 Å². The van der Waals surface area contributed by atoms with Crippen LogP contribution in [0.5, 0.6) is 0 Å². The summed E-state index contributed by atoms with van der Waals surface area (Å²) in [5.41, 5.74) is -0.818. The first-order valence-corrected chi connectivity index (χ1v) is 22.5. The quantitative estimate of drug-likeness (QED) is 0.196. The van der Waals surface area contributed by atoms with Gasteiger partial charge in [-0.1, -0.05) is 13.8 Å². The molecule has 0 bridgehead atoms. The lowest BCUT2D eigenvalue weighted by atomic mass is 9.42. The van der Waals surface area contributed by atoms with Crippen LogP contribution in [0.3, 0.4) is 0 Å². The summed E-state index contributed by atoms with van der Waals surface area (Å²) in [6.07, 6.45) is 7.82. The molecule has 8 fully saturated rings. The van der Waals surface area contributed by atoms with Crippen molar-refractivity contribution in [1.29, 1.82) is 0 Å². The number of fused-ring (bicyclic) bond motifs is 5. The van der Waals surface area contributed by atoms with Gasteiger partial charge in [-0.3, -0.25) is 4.90 Å². The van der Waals surface area contributed by atoms with E-state index in [0.29, 0.717) is 37.6 Å². The third-order valence-electron chi connectivity index (χ3n) is 16.7. The lowest BCUT2D eigenvalue weighted by Gasteiger charge is -2.65. The second-order valence-corrected chi connectivity index (χ2v) is 20.1. The number of carbonyl (C=O) groups is 1. The number of nitrogens with zero attached hydrogens (tertiary/aromatic N) is 1. The van der Waals surface area contributed by atoms with Crippen molar-refractivity contribution in [3.63, 3.8) is 0 Å². The summed E-state index contributed by atoms with van der Waals surface area (Å²) < 4.78 is 43.2. The second kappa shape index (κ2) is 15.9. The Kier molecular flexibility index (Phi) is 11.5. The fourth-order valence-corrected chi connectivity index (χ4v) is 13.5. The predicted molar refractivity (Wildman–Crippen MR) is 205 cm³/mol. The van der Waals surface area contributed by atoms with Crippen molar-refractivity contribution in [2.75, 3.05) is 26.3 Å². The van der Waals surface area contributed by atoms with Crippen molar-refractivity contribution in [3.8, 4) is 0 Å². The Morgan fingerprint density at radius 3 is 2.42 bits per heavy atom. The summed E-state index contributed by atoms with van der Waals surface area (Å²) >= 11 is 0. The van der Waals surface area contributed by atoms with Crippen molar-refractivity contribution in [2.24, 2.45) is 34.5 Å². The third kappa shape index (κ3) is 7.70. The lowest BCUT2D eigenvalue weighted by molar-refractivity contribution is -0.301. The number of ether oxygens (including phenoxy) is 7. The molecule has 4 heterocycles. The Morgan fingerprint density at radius 2 is 1.67 bits per heavy atom. The monoisotopic (exact) mass is 803 g/mol. The largest absolute Gasteiger partial charge is 0.458 e. The highest BCUT2D eigenvalue weighted by atomic mass is 16.7. The molecule has 9 aliphatic rings. The fourth-order valence-electron chi connectivity index (χ4n) is 13.5. The van der Waals surface area contributed by atoms with Crippen LogP contribution >= 0.6 is 0 Å². The highest BCUT2D eigenvalue weighted by molar-refractivity contribution is 5.85. The topological polar surface area (TPSA) is 166 Å². The summed E-state index contributed by atoms with van der Waals surface area (Å²) in [4.78, 5) is 14.5.